The third-order valence-corrected chi connectivity index (χ3v) is 3.60. The Labute approximate surface area is 111 Å². The van der Waals surface area contributed by atoms with E-state index in [0.29, 0.717) is 22.9 Å². The van der Waals surface area contributed by atoms with Crippen molar-refractivity contribution in [2.75, 3.05) is 19.8 Å². The number of nitrogens with one attached hydrogen (secondary N) is 1. The van der Waals surface area contributed by atoms with E-state index in [4.69, 9.17) is 9.15 Å². The molecule has 2 aromatic rings. The Bertz CT molecular complexity index is 562. The van der Waals surface area contributed by atoms with Crippen LogP contribution in [0.5, 0.6) is 0 Å². The van der Waals surface area contributed by atoms with E-state index in [1.807, 2.05) is 12.1 Å². The molecule has 0 radical (unpaired) electrons. The molecule has 1 N–H and O–H groups in total. The first-order valence-corrected chi connectivity index (χ1v) is 6.69. The zero-order chi connectivity index (χ0) is 13.2. The summed E-state index contributed by atoms with van der Waals surface area (Å²) in [5.41, 5.74) is 1.78. The van der Waals surface area contributed by atoms with E-state index in [2.05, 4.69) is 12.2 Å². The fourth-order valence-corrected chi connectivity index (χ4v) is 2.36. The molecule has 1 saturated heterocycles. The maximum absolute atomic E-state index is 13.3. The standard InChI is InChI=1S/C15H18FNO2/c1-10(17-6-12-7-18-8-12)4-11-2-3-13-14(16)9-19-15(13)5-11/h2-3,5,9-10,12,17H,4,6-8H2,1H3. The van der Waals surface area contributed by atoms with E-state index >= 15 is 0 Å². The second-order valence-electron chi connectivity index (χ2n) is 5.33. The number of hydrogen-bond donors (Lipinski definition) is 1. The quantitative estimate of drug-likeness (QED) is 0.900. The number of fused-ring (bicyclic) bond motifs is 1. The van der Waals surface area contributed by atoms with Gasteiger partial charge in [0.05, 0.1) is 18.6 Å². The molecule has 1 aliphatic heterocycles. The van der Waals surface area contributed by atoms with Gasteiger partial charge in [0, 0.05) is 18.5 Å². The molecule has 0 bridgehead atoms. The molecule has 3 rings (SSSR count). The summed E-state index contributed by atoms with van der Waals surface area (Å²) in [6.07, 6.45) is 2.07. The third-order valence-electron chi connectivity index (χ3n) is 3.60. The normalized spacial score (nSPS) is 17.6. The first-order valence-electron chi connectivity index (χ1n) is 6.69. The maximum atomic E-state index is 13.3. The van der Waals surface area contributed by atoms with Crippen LogP contribution in [0.15, 0.2) is 28.9 Å². The Morgan fingerprint density at radius 3 is 3.00 bits per heavy atom. The minimum atomic E-state index is -0.294. The molecule has 0 aliphatic carbocycles. The summed E-state index contributed by atoms with van der Waals surface area (Å²) in [6, 6.07) is 6.06. The van der Waals surface area contributed by atoms with Crippen LogP contribution in [0.25, 0.3) is 11.0 Å². The topological polar surface area (TPSA) is 34.4 Å². The average Bonchev–Trinajstić information content (AvgIpc) is 2.69. The minimum absolute atomic E-state index is 0.294. The summed E-state index contributed by atoms with van der Waals surface area (Å²) in [6.45, 7) is 4.90. The lowest BCUT2D eigenvalue weighted by atomic mass is 10.0. The zero-order valence-corrected chi connectivity index (χ0v) is 11.0. The number of benzene rings is 1. The number of rotatable bonds is 5. The Morgan fingerprint density at radius 2 is 2.26 bits per heavy atom. The fourth-order valence-electron chi connectivity index (χ4n) is 2.36. The van der Waals surface area contributed by atoms with Crippen molar-refractivity contribution in [1.29, 1.82) is 0 Å². The summed E-state index contributed by atoms with van der Waals surface area (Å²) in [5, 5.41) is 4.05. The second kappa shape index (κ2) is 5.31. The van der Waals surface area contributed by atoms with Crippen molar-refractivity contribution in [3.63, 3.8) is 0 Å². The Hall–Kier alpha value is -1.39. The van der Waals surface area contributed by atoms with E-state index in [1.165, 1.54) is 0 Å². The van der Waals surface area contributed by atoms with Gasteiger partial charge in [-0.2, -0.15) is 0 Å². The number of halogens is 1. The van der Waals surface area contributed by atoms with Crippen molar-refractivity contribution in [3.05, 3.63) is 35.8 Å². The van der Waals surface area contributed by atoms with Crippen LogP contribution in [0.3, 0.4) is 0 Å². The summed E-state index contributed by atoms with van der Waals surface area (Å²) in [7, 11) is 0. The molecule has 102 valence electrons. The van der Waals surface area contributed by atoms with Crippen LogP contribution < -0.4 is 5.32 Å². The molecule has 1 aromatic heterocycles. The molecule has 0 saturated carbocycles. The lowest BCUT2D eigenvalue weighted by Gasteiger charge is -2.27. The van der Waals surface area contributed by atoms with Crippen LogP contribution in [0.2, 0.25) is 0 Å². The third kappa shape index (κ3) is 2.80. The van der Waals surface area contributed by atoms with Crippen LogP contribution in [0.4, 0.5) is 4.39 Å². The van der Waals surface area contributed by atoms with Gasteiger partial charge >= 0.3 is 0 Å². The van der Waals surface area contributed by atoms with E-state index in [1.54, 1.807) is 6.07 Å². The van der Waals surface area contributed by atoms with Crippen LogP contribution in [-0.4, -0.2) is 25.8 Å². The Morgan fingerprint density at radius 1 is 1.42 bits per heavy atom. The molecule has 0 spiro atoms. The summed E-state index contributed by atoms with van der Waals surface area (Å²) in [5.74, 6) is 0.363. The highest BCUT2D eigenvalue weighted by Crippen LogP contribution is 2.21. The lowest BCUT2D eigenvalue weighted by Crippen LogP contribution is -2.40. The van der Waals surface area contributed by atoms with Gasteiger partial charge in [-0.3, -0.25) is 0 Å². The van der Waals surface area contributed by atoms with Gasteiger partial charge in [0.25, 0.3) is 0 Å². The molecular formula is C15H18FNO2. The van der Waals surface area contributed by atoms with Gasteiger partial charge in [-0.05, 0) is 31.0 Å². The van der Waals surface area contributed by atoms with Gasteiger partial charge in [0.2, 0.25) is 0 Å². The Kier molecular flexibility index (Phi) is 3.53. The summed E-state index contributed by atoms with van der Waals surface area (Å²) in [4.78, 5) is 0. The smallest absolute Gasteiger partial charge is 0.169 e. The molecule has 1 atom stereocenters. The predicted octanol–water partition coefficient (Wildman–Crippen LogP) is 2.74. The zero-order valence-electron chi connectivity index (χ0n) is 11.0. The molecule has 3 nitrogen and oxygen atoms in total. The van der Waals surface area contributed by atoms with Gasteiger partial charge in [0.15, 0.2) is 5.82 Å². The van der Waals surface area contributed by atoms with Gasteiger partial charge < -0.3 is 14.5 Å². The molecule has 0 amide bonds. The minimum Gasteiger partial charge on any atom is -0.461 e. The predicted molar refractivity (Wildman–Crippen MR) is 71.6 cm³/mol. The molecule has 1 aromatic carbocycles. The van der Waals surface area contributed by atoms with Crippen LogP contribution in [-0.2, 0) is 11.2 Å². The average molecular weight is 263 g/mol. The molecule has 1 fully saturated rings. The van der Waals surface area contributed by atoms with Crippen LogP contribution in [0.1, 0.15) is 12.5 Å². The summed E-state index contributed by atoms with van der Waals surface area (Å²) < 4.78 is 23.6. The SMILES string of the molecule is CC(Cc1ccc2c(F)coc2c1)NCC1COC1. The largest absolute Gasteiger partial charge is 0.461 e. The molecular weight excluding hydrogens is 245 g/mol. The molecule has 2 heterocycles. The van der Waals surface area contributed by atoms with Crippen molar-refractivity contribution in [3.8, 4) is 0 Å². The highest BCUT2D eigenvalue weighted by molar-refractivity contribution is 5.78. The van der Waals surface area contributed by atoms with Crippen molar-refractivity contribution in [2.24, 2.45) is 5.92 Å². The highest BCUT2D eigenvalue weighted by atomic mass is 19.1. The van der Waals surface area contributed by atoms with E-state index in [-0.39, 0.29) is 5.82 Å². The lowest BCUT2D eigenvalue weighted by molar-refractivity contribution is -0.0314. The Balaban J connectivity index is 1.60. The number of hydrogen-bond acceptors (Lipinski definition) is 3. The first kappa shape index (κ1) is 12.6. The maximum Gasteiger partial charge on any atom is 0.169 e. The van der Waals surface area contributed by atoms with Crippen molar-refractivity contribution < 1.29 is 13.5 Å². The number of ether oxygens (including phenoxy) is 1. The van der Waals surface area contributed by atoms with E-state index in [9.17, 15) is 4.39 Å². The fraction of sp³-hybridized carbons (Fsp3) is 0.467. The molecule has 4 heteroatoms. The van der Waals surface area contributed by atoms with Gasteiger partial charge in [-0.15, -0.1) is 0 Å². The second-order valence-corrected chi connectivity index (χ2v) is 5.33. The van der Waals surface area contributed by atoms with Crippen molar-refractivity contribution >= 4 is 11.0 Å². The van der Waals surface area contributed by atoms with Gasteiger partial charge in [-0.1, -0.05) is 6.07 Å². The highest BCUT2D eigenvalue weighted by Gasteiger charge is 2.18. The number of furan rings is 1. The monoisotopic (exact) mass is 263 g/mol. The van der Waals surface area contributed by atoms with Crippen molar-refractivity contribution in [2.45, 2.75) is 19.4 Å². The molecule has 1 aliphatic rings. The van der Waals surface area contributed by atoms with E-state index < -0.39 is 0 Å². The van der Waals surface area contributed by atoms with Crippen LogP contribution in [0, 0.1) is 11.7 Å². The molecule has 19 heavy (non-hydrogen) atoms. The first-order chi connectivity index (χ1) is 9.22. The summed E-state index contributed by atoms with van der Waals surface area (Å²) >= 11 is 0. The van der Waals surface area contributed by atoms with E-state index in [0.717, 1.165) is 38.0 Å². The van der Waals surface area contributed by atoms with Crippen molar-refractivity contribution in [1.82, 2.24) is 5.32 Å². The van der Waals surface area contributed by atoms with Gasteiger partial charge in [-0.25, -0.2) is 4.39 Å². The molecule has 1 unspecified atom stereocenters. The van der Waals surface area contributed by atoms with Crippen LogP contribution >= 0.6 is 0 Å². The van der Waals surface area contributed by atoms with Gasteiger partial charge in [0.1, 0.15) is 11.8 Å².